The Hall–Kier alpha value is -1.91. The number of hydrogen-bond acceptors (Lipinski definition) is 5. The third-order valence-electron chi connectivity index (χ3n) is 3.36. The van der Waals surface area contributed by atoms with Crippen LogP contribution in [0.5, 0.6) is 0 Å². The summed E-state index contributed by atoms with van der Waals surface area (Å²) in [6.45, 7) is 1.92. The summed E-state index contributed by atoms with van der Waals surface area (Å²) in [5.41, 5.74) is 0.956. The minimum Gasteiger partial charge on any atom is -0.461 e. The Kier molecular flexibility index (Phi) is 2.74. The second-order valence-corrected chi connectivity index (χ2v) is 4.65. The van der Waals surface area contributed by atoms with Crippen LogP contribution in [0, 0.1) is 6.92 Å². The first-order chi connectivity index (χ1) is 8.75. The van der Waals surface area contributed by atoms with E-state index in [0.717, 1.165) is 24.8 Å². The topological polar surface area (TPSA) is 69.1 Å². The lowest BCUT2D eigenvalue weighted by molar-refractivity contribution is -0.122. The van der Waals surface area contributed by atoms with E-state index in [9.17, 15) is 4.79 Å². The van der Waals surface area contributed by atoms with E-state index in [-0.39, 0.29) is 11.7 Å². The van der Waals surface area contributed by atoms with Crippen LogP contribution in [0.15, 0.2) is 21.3 Å². The fourth-order valence-corrected chi connectivity index (χ4v) is 2.31. The Morgan fingerprint density at radius 3 is 3.00 bits per heavy atom. The number of aromatic nitrogens is 2. The van der Waals surface area contributed by atoms with Crippen molar-refractivity contribution in [2.75, 3.05) is 0 Å². The Labute approximate surface area is 104 Å². The van der Waals surface area contributed by atoms with E-state index < -0.39 is 0 Å². The van der Waals surface area contributed by atoms with Crippen molar-refractivity contribution in [3.63, 3.8) is 0 Å². The monoisotopic (exact) mass is 246 g/mol. The van der Waals surface area contributed by atoms with Gasteiger partial charge in [-0.15, -0.1) is 0 Å². The highest BCUT2D eigenvalue weighted by Gasteiger charge is 2.29. The molecule has 0 spiro atoms. The number of Topliss-reactive ketones (excluding diaryl/α,β-unsaturated/α-hetero) is 1. The van der Waals surface area contributed by atoms with E-state index in [0.29, 0.717) is 23.9 Å². The van der Waals surface area contributed by atoms with E-state index in [2.05, 4.69) is 10.1 Å². The lowest BCUT2D eigenvalue weighted by Gasteiger charge is -2.16. The first-order valence-corrected chi connectivity index (χ1v) is 6.16. The first-order valence-electron chi connectivity index (χ1n) is 6.16. The van der Waals surface area contributed by atoms with Gasteiger partial charge < -0.3 is 8.94 Å². The van der Waals surface area contributed by atoms with Crippen LogP contribution in [0.25, 0.3) is 11.6 Å². The normalized spacial score (nSPS) is 20.3. The van der Waals surface area contributed by atoms with Gasteiger partial charge in [0, 0.05) is 6.42 Å². The minimum atomic E-state index is -0.227. The van der Waals surface area contributed by atoms with Crippen molar-refractivity contribution >= 4 is 5.78 Å². The fraction of sp³-hybridized carbons (Fsp3) is 0.462. The summed E-state index contributed by atoms with van der Waals surface area (Å²) < 4.78 is 10.5. The summed E-state index contributed by atoms with van der Waals surface area (Å²) in [5.74, 6) is 1.42. The molecule has 0 radical (unpaired) electrons. The van der Waals surface area contributed by atoms with Gasteiger partial charge in [0.1, 0.15) is 5.78 Å². The van der Waals surface area contributed by atoms with Crippen LogP contribution >= 0.6 is 0 Å². The largest absolute Gasteiger partial charge is 0.461 e. The molecule has 0 N–H and O–H groups in total. The molecule has 1 saturated carbocycles. The third-order valence-corrected chi connectivity index (χ3v) is 3.36. The molecule has 0 aliphatic heterocycles. The molecule has 18 heavy (non-hydrogen) atoms. The molecule has 0 aromatic carbocycles. The summed E-state index contributed by atoms with van der Waals surface area (Å²) in [5, 5.41) is 3.90. The van der Waals surface area contributed by atoms with Crippen molar-refractivity contribution < 1.29 is 13.7 Å². The molecule has 2 heterocycles. The molecule has 3 rings (SSSR count). The van der Waals surface area contributed by atoms with Gasteiger partial charge in [-0.3, -0.25) is 4.79 Å². The molecule has 2 aromatic heterocycles. The average molecular weight is 246 g/mol. The predicted molar refractivity (Wildman–Crippen MR) is 63.0 cm³/mol. The Bertz CT molecular complexity index is 570. The molecule has 5 nitrogen and oxygen atoms in total. The van der Waals surface area contributed by atoms with Gasteiger partial charge in [-0.2, -0.15) is 4.98 Å². The molecular weight excluding hydrogens is 232 g/mol. The average Bonchev–Trinajstić information content (AvgIpc) is 2.98. The quantitative estimate of drug-likeness (QED) is 0.814. The van der Waals surface area contributed by atoms with Crippen LogP contribution in [-0.2, 0) is 4.79 Å². The van der Waals surface area contributed by atoms with Crippen molar-refractivity contribution in [3.8, 4) is 11.6 Å². The summed E-state index contributed by atoms with van der Waals surface area (Å²) in [4.78, 5) is 16.1. The van der Waals surface area contributed by atoms with E-state index in [1.165, 1.54) is 0 Å². The van der Waals surface area contributed by atoms with Gasteiger partial charge in [-0.05, 0) is 31.4 Å². The number of aryl methyl sites for hydroxylation is 1. The molecular formula is C13H14N2O3. The van der Waals surface area contributed by atoms with Crippen molar-refractivity contribution in [1.29, 1.82) is 0 Å². The predicted octanol–water partition coefficient (Wildman–Crippen LogP) is 2.86. The highest BCUT2D eigenvalue weighted by atomic mass is 16.5. The van der Waals surface area contributed by atoms with Crippen LogP contribution in [0.3, 0.4) is 0 Å². The number of nitrogens with zero attached hydrogens (tertiary/aromatic N) is 2. The van der Waals surface area contributed by atoms with Gasteiger partial charge in [-0.25, -0.2) is 0 Å². The van der Waals surface area contributed by atoms with Crippen molar-refractivity contribution in [2.24, 2.45) is 0 Å². The molecule has 2 aromatic rings. The maximum Gasteiger partial charge on any atom is 0.238 e. The fourth-order valence-electron chi connectivity index (χ4n) is 2.31. The molecule has 1 aliphatic carbocycles. The summed E-state index contributed by atoms with van der Waals surface area (Å²) in [7, 11) is 0. The molecule has 5 heteroatoms. The number of furan rings is 1. The highest BCUT2D eigenvalue weighted by Crippen LogP contribution is 2.30. The van der Waals surface area contributed by atoms with Gasteiger partial charge in [-0.1, -0.05) is 11.6 Å². The zero-order valence-electron chi connectivity index (χ0n) is 10.2. The molecule has 1 fully saturated rings. The van der Waals surface area contributed by atoms with Crippen molar-refractivity contribution in [2.45, 2.75) is 38.5 Å². The van der Waals surface area contributed by atoms with Crippen LogP contribution in [-0.4, -0.2) is 15.9 Å². The smallest absolute Gasteiger partial charge is 0.238 e. The number of carbonyl (C=O) groups excluding carboxylic acids is 1. The maximum absolute atomic E-state index is 11.8. The van der Waals surface area contributed by atoms with Crippen LogP contribution in [0.4, 0.5) is 0 Å². The summed E-state index contributed by atoms with van der Waals surface area (Å²) in [6, 6.07) is 1.84. The first kappa shape index (κ1) is 11.2. The zero-order chi connectivity index (χ0) is 12.5. The Balaban J connectivity index is 1.89. The molecule has 1 unspecified atom stereocenters. The van der Waals surface area contributed by atoms with Crippen molar-refractivity contribution in [3.05, 3.63) is 23.8 Å². The minimum absolute atomic E-state index is 0.201. The molecule has 1 atom stereocenters. The second kappa shape index (κ2) is 4.40. The van der Waals surface area contributed by atoms with E-state index in [4.69, 9.17) is 8.94 Å². The highest BCUT2D eigenvalue weighted by molar-refractivity contribution is 5.85. The van der Waals surface area contributed by atoms with Gasteiger partial charge in [0.15, 0.2) is 5.76 Å². The summed E-state index contributed by atoms with van der Waals surface area (Å²) >= 11 is 0. The zero-order valence-corrected chi connectivity index (χ0v) is 10.2. The SMILES string of the molecule is Cc1ccoc1-c1noc(C2CCCCC2=O)n1. The van der Waals surface area contributed by atoms with Gasteiger partial charge in [0.2, 0.25) is 11.7 Å². The molecule has 0 saturated heterocycles. The summed E-state index contributed by atoms with van der Waals surface area (Å²) in [6.07, 6.45) is 5.01. The van der Waals surface area contributed by atoms with Gasteiger partial charge in [0.05, 0.1) is 12.2 Å². The number of ketones is 1. The molecule has 0 amide bonds. The molecule has 0 bridgehead atoms. The van der Waals surface area contributed by atoms with Crippen LogP contribution < -0.4 is 0 Å². The lowest BCUT2D eigenvalue weighted by Crippen LogP contribution is -2.17. The Morgan fingerprint density at radius 2 is 2.28 bits per heavy atom. The van der Waals surface area contributed by atoms with Gasteiger partial charge >= 0.3 is 0 Å². The van der Waals surface area contributed by atoms with Crippen LogP contribution in [0.2, 0.25) is 0 Å². The standard InChI is InChI=1S/C13H14N2O3/c1-8-6-7-17-11(8)12-14-13(18-15-12)9-4-2-3-5-10(9)16/h6-7,9H,2-5H2,1H3. The van der Waals surface area contributed by atoms with Crippen molar-refractivity contribution in [1.82, 2.24) is 10.1 Å². The van der Waals surface area contributed by atoms with E-state index in [1.807, 2.05) is 13.0 Å². The lowest BCUT2D eigenvalue weighted by atomic mass is 9.88. The third kappa shape index (κ3) is 1.85. The number of hydrogen-bond donors (Lipinski definition) is 0. The molecule has 94 valence electrons. The van der Waals surface area contributed by atoms with Crippen LogP contribution in [0.1, 0.15) is 43.1 Å². The molecule has 1 aliphatic rings. The second-order valence-electron chi connectivity index (χ2n) is 4.65. The van der Waals surface area contributed by atoms with E-state index >= 15 is 0 Å². The number of rotatable bonds is 2. The van der Waals surface area contributed by atoms with E-state index in [1.54, 1.807) is 6.26 Å². The maximum atomic E-state index is 11.8. The van der Waals surface area contributed by atoms with Gasteiger partial charge in [0.25, 0.3) is 0 Å². The Morgan fingerprint density at radius 1 is 1.39 bits per heavy atom. The number of carbonyl (C=O) groups is 1.